The van der Waals surface area contributed by atoms with Gasteiger partial charge in [0, 0.05) is 30.3 Å². The third-order valence-electron chi connectivity index (χ3n) is 3.54. The molecule has 2 unspecified atom stereocenters. The van der Waals surface area contributed by atoms with E-state index in [2.05, 4.69) is 10.4 Å². The molecule has 1 aromatic rings. The van der Waals surface area contributed by atoms with Gasteiger partial charge in [-0.3, -0.25) is 4.79 Å². The molecule has 0 aromatic carbocycles. The van der Waals surface area contributed by atoms with Crippen LogP contribution in [-0.2, 0) is 0 Å². The average molecular weight is 264 g/mol. The molecule has 6 nitrogen and oxygen atoms in total. The Morgan fingerprint density at radius 3 is 2.95 bits per heavy atom. The third-order valence-corrected chi connectivity index (χ3v) is 3.54. The number of hydrogen-bond donors (Lipinski definition) is 3. The summed E-state index contributed by atoms with van der Waals surface area (Å²) in [4.78, 5) is 18.3. The van der Waals surface area contributed by atoms with Crippen LogP contribution in [0.3, 0.4) is 0 Å². The number of nitrogens with one attached hydrogen (secondary N) is 1. The molecule has 2 heterocycles. The van der Waals surface area contributed by atoms with Crippen LogP contribution in [0.15, 0.2) is 12.1 Å². The molecular formula is C13H20N4O2. The van der Waals surface area contributed by atoms with E-state index in [0.29, 0.717) is 24.5 Å². The Bertz CT molecular complexity index is 476. The monoisotopic (exact) mass is 264 g/mol. The van der Waals surface area contributed by atoms with Crippen LogP contribution in [0.4, 0.5) is 5.82 Å². The number of nitrogens with zero attached hydrogens (tertiary/aromatic N) is 2. The Kier molecular flexibility index (Phi) is 4.01. The van der Waals surface area contributed by atoms with Crippen LogP contribution < -0.4 is 11.3 Å². The summed E-state index contributed by atoms with van der Waals surface area (Å²) in [6, 6.07) is 3.39. The lowest BCUT2D eigenvalue weighted by atomic mass is 10.0. The van der Waals surface area contributed by atoms with Crippen LogP contribution in [0.1, 0.15) is 29.4 Å². The highest BCUT2D eigenvalue weighted by atomic mass is 16.3. The van der Waals surface area contributed by atoms with Crippen molar-refractivity contribution in [1.29, 1.82) is 0 Å². The van der Waals surface area contributed by atoms with Crippen LogP contribution >= 0.6 is 0 Å². The van der Waals surface area contributed by atoms with Gasteiger partial charge in [0.2, 0.25) is 0 Å². The van der Waals surface area contributed by atoms with Crippen LogP contribution in [0.2, 0.25) is 0 Å². The van der Waals surface area contributed by atoms with E-state index in [1.54, 1.807) is 24.0 Å². The van der Waals surface area contributed by atoms with Crippen LogP contribution in [-0.4, -0.2) is 40.1 Å². The molecule has 6 heteroatoms. The zero-order valence-electron chi connectivity index (χ0n) is 11.3. The van der Waals surface area contributed by atoms with E-state index >= 15 is 0 Å². The summed E-state index contributed by atoms with van der Waals surface area (Å²) in [5.74, 6) is 5.94. The fourth-order valence-electron chi connectivity index (χ4n) is 2.41. The van der Waals surface area contributed by atoms with Gasteiger partial charge in [-0.1, -0.05) is 0 Å². The fourth-order valence-corrected chi connectivity index (χ4v) is 2.41. The number of hydrogen-bond acceptors (Lipinski definition) is 5. The van der Waals surface area contributed by atoms with Gasteiger partial charge in [0.05, 0.1) is 6.10 Å². The minimum atomic E-state index is -0.377. The average Bonchev–Trinajstić information content (AvgIpc) is 2.86. The van der Waals surface area contributed by atoms with E-state index in [9.17, 15) is 9.90 Å². The first-order chi connectivity index (χ1) is 9.01. The van der Waals surface area contributed by atoms with E-state index in [-0.39, 0.29) is 17.9 Å². The topological polar surface area (TPSA) is 91.5 Å². The first-order valence-corrected chi connectivity index (χ1v) is 6.44. The van der Waals surface area contributed by atoms with E-state index in [0.717, 1.165) is 12.1 Å². The second-order valence-corrected chi connectivity index (χ2v) is 5.07. The molecule has 0 aliphatic carbocycles. The standard InChI is InChI=1S/C13H20N4O2/c1-8-5-11(6-12(15-8)16-14)13(19)17-4-3-10(7-17)9(2)18/h5-6,9-10,18H,3-4,7,14H2,1-2H3,(H,15,16). The SMILES string of the molecule is Cc1cc(C(=O)N2CCC(C(C)O)C2)cc(NN)n1. The molecule has 0 saturated carbocycles. The second-order valence-electron chi connectivity index (χ2n) is 5.07. The zero-order valence-corrected chi connectivity index (χ0v) is 11.3. The van der Waals surface area contributed by atoms with E-state index in [1.807, 2.05) is 6.92 Å². The number of aliphatic hydroxyl groups excluding tert-OH is 1. The first-order valence-electron chi connectivity index (χ1n) is 6.44. The van der Waals surface area contributed by atoms with Gasteiger partial charge < -0.3 is 15.4 Å². The third kappa shape index (κ3) is 3.02. The van der Waals surface area contributed by atoms with Gasteiger partial charge >= 0.3 is 0 Å². The maximum atomic E-state index is 12.4. The van der Waals surface area contributed by atoms with E-state index in [1.165, 1.54) is 0 Å². The van der Waals surface area contributed by atoms with E-state index in [4.69, 9.17) is 5.84 Å². The van der Waals surface area contributed by atoms with Crippen molar-refractivity contribution in [2.45, 2.75) is 26.4 Å². The fraction of sp³-hybridized carbons (Fsp3) is 0.538. The quantitative estimate of drug-likeness (QED) is 0.547. The summed E-state index contributed by atoms with van der Waals surface area (Å²) in [5.41, 5.74) is 3.78. The molecule has 2 atom stereocenters. The molecule has 1 saturated heterocycles. The molecule has 0 radical (unpaired) electrons. The van der Waals surface area contributed by atoms with Crippen LogP contribution in [0.25, 0.3) is 0 Å². The van der Waals surface area contributed by atoms with Crippen LogP contribution in [0, 0.1) is 12.8 Å². The van der Waals surface area contributed by atoms with Crippen molar-refractivity contribution >= 4 is 11.7 Å². The summed E-state index contributed by atoms with van der Waals surface area (Å²) in [6.45, 7) is 4.87. The maximum absolute atomic E-state index is 12.4. The summed E-state index contributed by atoms with van der Waals surface area (Å²) < 4.78 is 0. The number of carbonyl (C=O) groups is 1. The number of rotatable bonds is 3. The highest BCUT2D eigenvalue weighted by Crippen LogP contribution is 2.22. The van der Waals surface area contributed by atoms with Crippen molar-refractivity contribution in [1.82, 2.24) is 9.88 Å². The van der Waals surface area contributed by atoms with Gasteiger partial charge in [0.25, 0.3) is 5.91 Å². The number of aryl methyl sites for hydroxylation is 1. The molecule has 1 aliphatic heterocycles. The van der Waals surface area contributed by atoms with E-state index < -0.39 is 0 Å². The highest BCUT2D eigenvalue weighted by molar-refractivity contribution is 5.95. The molecule has 0 spiro atoms. The van der Waals surface area contributed by atoms with Crippen molar-refractivity contribution in [2.24, 2.45) is 11.8 Å². The Hall–Kier alpha value is -1.66. The van der Waals surface area contributed by atoms with Crippen molar-refractivity contribution < 1.29 is 9.90 Å². The number of likely N-dealkylation sites (tertiary alicyclic amines) is 1. The second kappa shape index (κ2) is 5.54. The van der Waals surface area contributed by atoms with Gasteiger partial charge in [-0.15, -0.1) is 0 Å². The lowest BCUT2D eigenvalue weighted by Crippen LogP contribution is -2.30. The molecule has 19 heavy (non-hydrogen) atoms. The molecule has 104 valence electrons. The highest BCUT2D eigenvalue weighted by Gasteiger charge is 2.29. The largest absolute Gasteiger partial charge is 0.393 e. The molecule has 2 rings (SSSR count). The predicted molar refractivity (Wildman–Crippen MR) is 72.5 cm³/mol. The summed E-state index contributed by atoms with van der Waals surface area (Å²) in [6.07, 6.45) is 0.466. The molecule has 1 amide bonds. The number of hydrazine groups is 1. The Balaban J connectivity index is 2.14. The number of pyridine rings is 1. The van der Waals surface area contributed by atoms with Crippen molar-refractivity contribution in [2.75, 3.05) is 18.5 Å². The summed E-state index contributed by atoms with van der Waals surface area (Å²) in [7, 11) is 0. The van der Waals surface area contributed by atoms with Crippen molar-refractivity contribution in [3.05, 3.63) is 23.4 Å². The maximum Gasteiger partial charge on any atom is 0.254 e. The van der Waals surface area contributed by atoms with Gasteiger partial charge in [0.1, 0.15) is 5.82 Å². The number of carbonyl (C=O) groups excluding carboxylic acids is 1. The number of aromatic nitrogens is 1. The number of nitrogen functional groups attached to an aromatic ring is 1. The number of amides is 1. The predicted octanol–water partition coefficient (Wildman–Crippen LogP) is 0.519. The van der Waals surface area contributed by atoms with Crippen molar-refractivity contribution in [3.8, 4) is 0 Å². The van der Waals surface area contributed by atoms with Crippen molar-refractivity contribution in [3.63, 3.8) is 0 Å². The minimum Gasteiger partial charge on any atom is -0.393 e. The zero-order chi connectivity index (χ0) is 14.0. The van der Waals surface area contributed by atoms with Gasteiger partial charge in [-0.2, -0.15) is 0 Å². The number of aliphatic hydroxyl groups is 1. The Morgan fingerprint density at radius 1 is 1.63 bits per heavy atom. The molecule has 1 fully saturated rings. The lowest BCUT2D eigenvalue weighted by molar-refractivity contribution is 0.0762. The smallest absolute Gasteiger partial charge is 0.254 e. The lowest BCUT2D eigenvalue weighted by Gasteiger charge is -2.18. The van der Waals surface area contributed by atoms with Gasteiger partial charge in [-0.05, 0) is 32.4 Å². The molecule has 0 bridgehead atoms. The summed E-state index contributed by atoms with van der Waals surface area (Å²) >= 11 is 0. The summed E-state index contributed by atoms with van der Waals surface area (Å²) in [5, 5.41) is 9.57. The van der Waals surface area contributed by atoms with Crippen LogP contribution in [0.5, 0.6) is 0 Å². The first kappa shape index (κ1) is 13.8. The Morgan fingerprint density at radius 2 is 2.37 bits per heavy atom. The molecular weight excluding hydrogens is 244 g/mol. The molecule has 1 aliphatic rings. The normalized spacial score (nSPS) is 20.4. The molecule has 4 N–H and O–H groups in total. The van der Waals surface area contributed by atoms with Gasteiger partial charge in [0.15, 0.2) is 0 Å². The number of anilines is 1. The number of nitrogens with two attached hydrogens (primary N) is 1. The molecule has 1 aromatic heterocycles. The minimum absolute atomic E-state index is 0.0369. The Labute approximate surface area is 112 Å². The van der Waals surface area contributed by atoms with Gasteiger partial charge in [-0.25, -0.2) is 10.8 Å².